The van der Waals surface area contributed by atoms with Crippen molar-refractivity contribution >= 4 is 5.91 Å². The molecule has 1 amide bonds. The van der Waals surface area contributed by atoms with E-state index in [1.54, 1.807) is 12.1 Å². The van der Waals surface area contributed by atoms with Crippen LogP contribution >= 0.6 is 0 Å². The molecule has 116 valence electrons. The molecule has 2 rings (SSSR count). The van der Waals surface area contributed by atoms with E-state index >= 15 is 0 Å². The molecule has 0 aromatic heterocycles. The summed E-state index contributed by atoms with van der Waals surface area (Å²) < 4.78 is 19.3. The van der Waals surface area contributed by atoms with Gasteiger partial charge in [0.2, 0.25) is 0 Å². The van der Waals surface area contributed by atoms with Gasteiger partial charge in [0.25, 0.3) is 5.91 Å². The molecule has 1 aliphatic rings. The van der Waals surface area contributed by atoms with Crippen molar-refractivity contribution in [3.63, 3.8) is 0 Å². The van der Waals surface area contributed by atoms with Crippen molar-refractivity contribution in [2.45, 2.75) is 32.7 Å². The Morgan fingerprint density at radius 2 is 2.24 bits per heavy atom. The first-order valence-corrected chi connectivity index (χ1v) is 7.52. The lowest BCUT2D eigenvalue weighted by Gasteiger charge is -2.14. The van der Waals surface area contributed by atoms with Crippen molar-refractivity contribution in [2.24, 2.45) is 5.92 Å². The van der Waals surface area contributed by atoms with Gasteiger partial charge in [-0.05, 0) is 38.3 Å². The van der Waals surface area contributed by atoms with Crippen LogP contribution in [-0.4, -0.2) is 25.6 Å². The smallest absolute Gasteiger partial charge is 0.257 e. The maximum Gasteiger partial charge on any atom is 0.257 e. The van der Waals surface area contributed by atoms with Crippen molar-refractivity contribution in [3.8, 4) is 5.75 Å². The van der Waals surface area contributed by atoms with Crippen molar-refractivity contribution in [1.29, 1.82) is 0 Å². The van der Waals surface area contributed by atoms with Crippen LogP contribution in [0.15, 0.2) is 18.2 Å². The highest BCUT2D eigenvalue weighted by Crippen LogP contribution is 2.27. The van der Waals surface area contributed by atoms with Crippen LogP contribution in [0.3, 0.4) is 0 Å². The summed E-state index contributed by atoms with van der Waals surface area (Å²) in [7, 11) is 0. The van der Waals surface area contributed by atoms with Crippen LogP contribution in [0.25, 0.3) is 0 Å². The largest absolute Gasteiger partial charge is 0.484 e. The predicted molar refractivity (Wildman–Crippen MR) is 79.7 cm³/mol. The first kappa shape index (κ1) is 15.8. The Hall–Kier alpha value is -1.62. The van der Waals surface area contributed by atoms with Gasteiger partial charge in [0.05, 0.1) is 0 Å². The lowest BCUT2D eigenvalue weighted by Crippen LogP contribution is -2.30. The molecule has 1 aromatic carbocycles. The molecule has 1 aromatic rings. The van der Waals surface area contributed by atoms with Gasteiger partial charge < -0.3 is 15.4 Å². The minimum absolute atomic E-state index is 0.0501. The van der Waals surface area contributed by atoms with Gasteiger partial charge in [-0.15, -0.1) is 0 Å². The fourth-order valence-corrected chi connectivity index (χ4v) is 2.15. The second-order valence-corrected chi connectivity index (χ2v) is 5.50. The van der Waals surface area contributed by atoms with Crippen molar-refractivity contribution < 1.29 is 13.9 Å². The second-order valence-electron chi connectivity index (χ2n) is 5.50. The molecule has 0 radical (unpaired) electrons. The van der Waals surface area contributed by atoms with E-state index < -0.39 is 0 Å². The van der Waals surface area contributed by atoms with Crippen molar-refractivity contribution in [3.05, 3.63) is 29.6 Å². The zero-order chi connectivity index (χ0) is 15.2. The number of hydrogen-bond donors (Lipinski definition) is 2. The van der Waals surface area contributed by atoms with Crippen LogP contribution in [0.1, 0.15) is 38.3 Å². The predicted octanol–water partition coefficient (Wildman–Crippen LogP) is 2.40. The van der Waals surface area contributed by atoms with Crippen LogP contribution in [0, 0.1) is 11.7 Å². The number of benzene rings is 1. The molecule has 2 N–H and O–H groups in total. The lowest BCUT2D eigenvalue weighted by molar-refractivity contribution is -0.123. The monoisotopic (exact) mass is 294 g/mol. The highest BCUT2D eigenvalue weighted by Gasteiger charge is 2.21. The van der Waals surface area contributed by atoms with Gasteiger partial charge in [-0.3, -0.25) is 4.79 Å². The van der Waals surface area contributed by atoms with Crippen LogP contribution in [0.5, 0.6) is 5.75 Å². The molecule has 1 unspecified atom stereocenters. The minimum Gasteiger partial charge on any atom is -0.484 e. The zero-order valence-corrected chi connectivity index (χ0v) is 12.6. The Bertz CT molecular complexity index is 489. The Morgan fingerprint density at radius 3 is 2.86 bits per heavy atom. The van der Waals surface area contributed by atoms with Crippen LogP contribution < -0.4 is 15.4 Å². The number of hydrogen-bond acceptors (Lipinski definition) is 3. The van der Waals surface area contributed by atoms with Crippen molar-refractivity contribution in [2.75, 3.05) is 19.7 Å². The van der Waals surface area contributed by atoms with E-state index in [9.17, 15) is 9.18 Å². The van der Waals surface area contributed by atoms with Gasteiger partial charge in [-0.2, -0.15) is 0 Å². The number of halogens is 1. The average molecular weight is 294 g/mol. The highest BCUT2D eigenvalue weighted by atomic mass is 19.1. The summed E-state index contributed by atoms with van der Waals surface area (Å²) in [5.74, 6) is 0.534. The Kier molecular flexibility index (Phi) is 5.56. The maximum absolute atomic E-state index is 14.0. The standard InChI is InChI=1S/C16H23FN2O2/c1-3-18-11(2)14-7-6-13(8-15(14)17)21-10-16(20)19-9-12-4-5-12/h6-8,11-12,18H,3-5,9-10H2,1-2H3,(H,19,20). The maximum atomic E-state index is 14.0. The molecular weight excluding hydrogens is 271 g/mol. The van der Waals surface area contributed by atoms with Gasteiger partial charge >= 0.3 is 0 Å². The lowest BCUT2D eigenvalue weighted by atomic mass is 10.1. The normalized spacial score (nSPS) is 15.6. The fourth-order valence-electron chi connectivity index (χ4n) is 2.15. The molecule has 4 nitrogen and oxygen atoms in total. The quantitative estimate of drug-likeness (QED) is 0.774. The summed E-state index contributed by atoms with van der Waals surface area (Å²) >= 11 is 0. The molecule has 0 saturated heterocycles. The first-order chi connectivity index (χ1) is 10.1. The summed E-state index contributed by atoms with van der Waals surface area (Å²) in [4.78, 5) is 11.6. The van der Waals surface area contributed by atoms with Crippen LogP contribution in [0.2, 0.25) is 0 Å². The Labute approximate surface area is 125 Å². The third-order valence-electron chi connectivity index (χ3n) is 3.60. The van der Waals surface area contributed by atoms with E-state index in [-0.39, 0.29) is 24.4 Å². The third-order valence-corrected chi connectivity index (χ3v) is 3.60. The molecule has 0 heterocycles. The average Bonchev–Trinajstić information content (AvgIpc) is 3.27. The third kappa shape index (κ3) is 5.01. The summed E-state index contributed by atoms with van der Waals surface area (Å²) in [6.07, 6.45) is 2.38. The molecule has 0 bridgehead atoms. The Balaban J connectivity index is 1.82. The number of carbonyl (C=O) groups excluding carboxylic acids is 1. The number of nitrogens with one attached hydrogen (secondary N) is 2. The number of amides is 1. The summed E-state index contributed by atoms with van der Waals surface area (Å²) in [5.41, 5.74) is 0.599. The SMILES string of the molecule is CCNC(C)c1ccc(OCC(=O)NCC2CC2)cc1F. The molecule has 0 aliphatic heterocycles. The van der Waals surface area contributed by atoms with E-state index in [0.717, 1.165) is 13.1 Å². The summed E-state index contributed by atoms with van der Waals surface area (Å²) in [5, 5.41) is 5.97. The van der Waals surface area contributed by atoms with Crippen molar-refractivity contribution in [1.82, 2.24) is 10.6 Å². The van der Waals surface area contributed by atoms with Gasteiger partial charge in [0.1, 0.15) is 11.6 Å². The van der Waals surface area contributed by atoms with Crippen LogP contribution in [-0.2, 0) is 4.79 Å². The molecule has 5 heteroatoms. The van der Waals surface area contributed by atoms with Gasteiger partial charge in [-0.1, -0.05) is 13.0 Å². The molecular formula is C16H23FN2O2. The van der Waals surface area contributed by atoms with E-state index in [4.69, 9.17) is 4.74 Å². The minimum atomic E-state index is -0.320. The van der Waals surface area contributed by atoms with Gasteiger partial charge in [0.15, 0.2) is 6.61 Å². The fraction of sp³-hybridized carbons (Fsp3) is 0.562. The molecule has 1 atom stereocenters. The molecule has 1 saturated carbocycles. The number of carbonyl (C=O) groups is 1. The van der Waals surface area contributed by atoms with E-state index in [1.165, 1.54) is 18.9 Å². The molecule has 21 heavy (non-hydrogen) atoms. The van der Waals surface area contributed by atoms with Gasteiger partial charge in [0, 0.05) is 24.2 Å². The summed E-state index contributed by atoms with van der Waals surface area (Å²) in [6.45, 7) is 5.31. The zero-order valence-electron chi connectivity index (χ0n) is 12.6. The topological polar surface area (TPSA) is 50.4 Å². The first-order valence-electron chi connectivity index (χ1n) is 7.52. The van der Waals surface area contributed by atoms with Gasteiger partial charge in [-0.25, -0.2) is 4.39 Å². The van der Waals surface area contributed by atoms with E-state index in [1.807, 2.05) is 13.8 Å². The molecule has 1 fully saturated rings. The molecule has 0 spiro atoms. The second kappa shape index (κ2) is 7.41. The van der Waals surface area contributed by atoms with E-state index in [0.29, 0.717) is 17.2 Å². The Morgan fingerprint density at radius 1 is 1.48 bits per heavy atom. The summed E-state index contributed by atoms with van der Waals surface area (Å²) in [6, 6.07) is 4.67. The number of rotatable bonds is 8. The van der Waals surface area contributed by atoms with Crippen LogP contribution in [0.4, 0.5) is 4.39 Å². The van der Waals surface area contributed by atoms with E-state index in [2.05, 4.69) is 10.6 Å². The molecule has 1 aliphatic carbocycles. The number of ether oxygens (including phenoxy) is 1. The highest BCUT2D eigenvalue weighted by molar-refractivity contribution is 5.77.